The van der Waals surface area contributed by atoms with E-state index in [4.69, 9.17) is 11.5 Å². The Bertz CT molecular complexity index is 654. The van der Waals surface area contributed by atoms with Crippen LogP contribution in [0.4, 0.5) is 17.2 Å². The number of pyridine rings is 1. The number of nitrogens with zero attached hydrogens (tertiary/aromatic N) is 2. The van der Waals surface area contributed by atoms with Crippen LogP contribution in [-0.4, -0.2) is 17.4 Å². The lowest BCUT2D eigenvalue weighted by Gasteiger charge is -2.20. The molecule has 19 heavy (non-hydrogen) atoms. The summed E-state index contributed by atoms with van der Waals surface area (Å²) < 4.78 is 0. The number of hydrogen-bond acceptors (Lipinski definition) is 4. The van der Waals surface area contributed by atoms with Gasteiger partial charge in [-0.05, 0) is 24.1 Å². The predicted octanol–water partition coefficient (Wildman–Crippen LogP) is 1.46. The molecule has 0 atom stereocenters. The third-order valence-corrected chi connectivity index (χ3v) is 3.30. The average molecular weight is 254 g/mol. The number of benzene rings is 1. The van der Waals surface area contributed by atoms with Gasteiger partial charge < -0.3 is 16.4 Å². The fourth-order valence-electron chi connectivity index (χ4n) is 2.43. The standard InChI is InChI=1S/C14H14N4O/c15-10-7-11(13(16)19)14(17-8-10)18-6-5-9-3-1-2-4-12(9)18/h1-4,7-8H,5-6,15H2,(H2,16,19). The number of rotatable bonds is 2. The van der Waals surface area contributed by atoms with E-state index in [0.29, 0.717) is 17.1 Å². The molecule has 0 spiro atoms. The first-order chi connectivity index (χ1) is 9.16. The highest BCUT2D eigenvalue weighted by Gasteiger charge is 2.24. The van der Waals surface area contributed by atoms with Crippen LogP contribution in [-0.2, 0) is 6.42 Å². The maximum Gasteiger partial charge on any atom is 0.252 e. The SMILES string of the molecule is NC(=O)c1cc(N)cnc1N1CCc2ccccc21. The van der Waals surface area contributed by atoms with Gasteiger partial charge in [-0.3, -0.25) is 4.79 Å². The van der Waals surface area contributed by atoms with Crippen molar-refractivity contribution < 1.29 is 4.79 Å². The number of anilines is 3. The van der Waals surface area contributed by atoms with Crippen LogP contribution in [0.1, 0.15) is 15.9 Å². The smallest absolute Gasteiger partial charge is 0.252 e. The second-order valence-corrected chi connectivity index (χ2v) is 4.53. The molecule has 1 aliphatic heterocycles. The van der Waals surface area contributed by atoms with Crippen LogP contribution in [0.15, 0.2) is 36.5 Å². The summed E-state index contributed by atoms with van der Waals surface area (Å²) in [4.78, 5) is 17.8. The number of aromatic nitrogens is 1. The summed E-state index contributed by atoms with van der Waals surface area (Å²) in [5.41, 5.74) is 14.2. The van der Waals surface area contributed by atoms with E-state index in [9.17, 15) is 4.79 Å². The number of carbonyl (C=O) groups excluding carboxylic acids is 1. The van der Waals surface area contributed by atoms with Gasteiger partial charge in [0.05, 0.1) is 17.4 Å². The summed E-state index contributed by atoms with van der Waals surface area (Å²) >= 11 is 0. The molecule has 3 rings (SSSR count). The molecule has 5 heteroatoms. The minimum absolute atomic E-state index is 0.358. The highest BCUT2D eigenvalue weighted by molar-refractivity contribution is 5.99. The minimum Gasteiger partial charge on any atom is -0.397 e. The first-order valence-electron chi connectivity index (χ1n) is 6.07. The molecule has 0 radical (unpaired) electrons. The van der Waals surface area contributed by atoms with Crippen molar-refractivity contribution in [2.45, 2.75) is 6.42 Å². The maximum absolute atomic E-state index is 11.5. The molecule has 1 amide bonds. The van der Waals surface area contributed by atoms with Gasteiger partial charge >= 0.3 is 0 Å². The molecule has 2 aromatic rings. The van der Waals surface area contributed by atoms with Crippen molar-refractivity contribution in [3.63, 3.8) is 0 Å². The lowest BCUT2D eigenvalue weighted by Crippen LogP contribution is -2.22. The number of primary amides is 1. The number of para-hydroxylation sites is 1. The van der Waals surface area contributed by atoms with Gasteiger partial charge in [-0.25, -0.2) is 4.98 Å². The molecule has 96 valence electrons. The van der Waals surface area contributed by atoms with Gasteiger partial charge in [0.15, 0.2) is 0 Å². The second-order valence-electron chi connectivity index (χ2n) is 4.53. The van der Waals surface area contributed by atoms with Crippen LogP contribution < -0.4 is 16.4 Å². The summed E-state index contributed by atoms with van der Waals surface area (Å²) in [5, 5.41) is 0. The molecule has 2 heterocycles. The third-order valence-electron chi connectivity index (χ3n) is 3.30. The molecule has 0 saturated carbocycles. The van der Waals surface area contributed by atoms with Crippen molar-refractivity contribution in [3.05, 3.63) is 47.7 Å². The highest BCUT2D eigenvalue weighted by Crippen LogP contribution is 2.35. The Kier molecular flexibility index (Phi) is 2.59. The van der Waals surface area contributed by atoms with E-state index in [1.807, 2.05) is 23.1 Å². The second kappa shape index (κ2) is 4.28. The van der Waals surface area contributed by atoms with Gasteiger partial charge in [0.25, 0.3) is 5.91 Å². The summed E-state index contributed by atoms with van der Waals surface area (Å²) in [6.45, 7) is 0.788. The molecule has 5 nitrogen and oxygen atoms in total. The van der Waals surface area contributed by atoms with E-state index in [2.05, 4.69) is 11.1 Å². The Balaban J connectivity index is 2.12. The Labute approximate surface area is 110 Å². The van der Waals surface area contributed by atoms with Crippen LogP contribution >= 0.6 is 0 Å². The van der Waals surface area contributed by atoms with Crippen molar-refractivity contribution in [1.29, 1.82) is 0 Å². The molecule has 0 unspecified atom stereocenters. The molecule has 0 saturated heterocycles. The Morgan fingerprint density at radius 1 is 1.32 bits per heavy atom. The van der Waals surface area contributed by atoms with E-state index in [-0.39, 0.29) is 0 Å². The van der Waals surface area contributed by atoms with Gasteiger partial charge in [0.1, 0.15) is 5.82 Å². The van der Waals surface area contributed by atoms with Crippen molar-refractivity contribution in [2.24, 2.45) is 5.73 Å². The first-order valence-corrected chi connectivity index (χ1v) is 6.07. The summed E-state index contributed by atoms with van der Waals surface area (Å²) in [7, 11) is 0. The van der Waals surface area contributed by atoms with E-state index in [0.717, 1.165) is 18.7 Å². The van der Waals surface area contributed by atoms with E-state index < -0.39 is 5.91 Å². The number of nitrogens with two attached hydrogens (primary N) is 2. The largest absolute Gasteiger partial charge is 0.397 e. The van der Waals surface area contributed by atoms with Crippen LogP contribution in [0.2, 0.25) is 0 Å². The number of fused-ring (bicyclic) bond motifs is 1. The molecule has 0 fully saturated rings. The zero-order valence-electron chi connectivity index (χ0n) is 10.3. The fourth-order valence-corrected chi connectivity index (χ4v) is 2.43. The monoisotopic (exact) mass is 254 g/mol. The third kappa shape index (κ3) is 1.89. The lowest BCUT2D eigenvalue weighted by molar-refractivity contribution is 0.100. The topological polar surface area (TPSA) is 85.2 Å². The quantitative estimate of drug-likeness (QED) is 0.849. The average Bonchev–Trinajstić information content (AvgIpc) is 2.82. The van der Waals surface area contributed by atoms with E-state index in [1.54, 1.807) is 12.3 Å². The van der Waals surface area contributed by atoms with Crippen LogP contribution in [0.3, 0.4) is 0 Å². The summed E-state index contributed by atoms with van der Waals surface area (Å²) in [6.07, 6.45) is 2.48. The number of hydrogen-bond donors (Lipinski definition) is 2. The molecule has 0 aliphatic carbocycles. The Morgan fingerprint density at radius 2 is 2.11 bits per heavy atom. The van der Waals surface area contributed by atoms with Gasteiger partial charge in [0, 0.05) is 12.2 Å². The molecule has 4 N–H and O–H groups in total. The molecule has 1 aromatic carbocycles. The van der Waals surface area contributed by atoms with Gasteiger partial charge in [-0.15, -0.1) is 0 Å². The van der Waals surface area contributed by atoms with Crippen molar-refractivity contribution in [2.75, 3.05) is 17.2 Å². The predicted molar refractivity (Wildman–Crippen MR) is 74.3 cm³/mol. The van der Waals surface area contributed by atoms with Crippen LogP contribution in [0, 0.1) is 0 Å². The highest BCUT2D eigenvalue weighted by atomic mass is 16.1. The van der Waals surface area contributed by atoms with Crippen LogP contribution in [0.25, 0.3) is 0 Å². The molecule has 1 aliphatic rings. The zero-order valence-corrected chi connectivity index (χ0v) is 10.3. The van der Waals surface area contributed by atoms with Gasteiger partial charge in [-0.2, -0.15) is 0 Å². The summed E-state index contributed by atoms with van der Waals surface area (Å²) in [6, 6.07) is 9.65. The van der Waals surface area contributed by atoms with Gasteiger partial charge in [-0.1, -0.05) is 18.2 Å². The first kappa shape index (κ1) is 11.5. The molecule has 1 aromatic heterocycles. The minimum atomic E-state index is -0.515. The van der Waals surface area contributed by atoms with Gasteiger partial charge in [0.2, 0.25) is 0 Å². The lowest BCUT2D eigenvalue weighted by atomic mass is 10.1. The number of amides is 1. The number of nitrogen functional groups attached to an aromatic ring is 1. The van der Waals surface area contributed by atoms with E-state index in [1.165, 1.54) is 5.56 Å². The van der Waals surface area contributed by atoms with Crippen molar-refractivity contribution in [1.82, 2.24) is 4.98 Å². The fraction of sp³-hybridized carbons (Fsp3) is 0.143. The molecule has 0 bridgehead atoms. The zero-order chi connectivity index (χ0) is 13.4. The molecular weight excluding hydrogens is 240 g/mol. The maximum atomic E-state index is 11.5. The summed E-state index contributed by atoms with van der Waals surface area (Å²) in [5.74, 6) is 0.0610. The normalized spacial score (nSPS) is 13.4. The number of carbonyl (C=O) groups is 1. The Hall–Kier alpha value is -2.56. The van der Waals surface area contributed by atoms with Crippen LogP contribution in [0.5, 0.6) is 0 Å². The molecular formula is C14H14N4O. The Morgan fingerprint density at radius 3 is 2.89 bits per heavy atom. The van der Waals surface area contributed by atoms with E-state index >= 15 is 0 Å². The van der Waals surface area contributed by atoms with Crippen molar-refractivity contribution in [3.8, 4) is 0 Å². The van der Waals surface area contributed by atoms with Crippen molar-refractivity contribution >= 4 is 23.1 Å².